The first-order chi connectivity index (χ1) is 8.69. The van der Waals surface area contributed by atoms with E-state index in [1.807, 2.05) is 6.92 Å². The van der Waals surface area contributed by atoms with E-state index in [2.05, 4.69) is 15.0 Å². The van der Waals surface area contributed by atoms with Gasteiger partial charge in [0.1, 0.15) is 5.78 Å². The van der Waals surface area contributed by atoms with Gasteiger partial charge in [0.05, 0.1) is 6.54 Å². The Hall–Kier alpha value is -1.23. The summed E-state index contributed by atoms with van der Waals surface area (Å²) in [5, 5.41) is 3.98. The molecule has 2 rings (SSSR count). The zero-order valence-electron chi connectivity index (χ0n) is 11.2. The second-order valence-corrected chi connectivity index (χ2v) is 4.98. The van der Waals surface area contributed by atoms with Crippen LogP contribution in [-0.4, -0.2) is 33.4 Å². The Balaban J connectivity index is 1.98. The van der Waals surface area contributed by atoms with Gasteiger partial charge in [0.25, 0.3) is 0 Å². The number of piperidine rings is 1. The van der Waals surface area contributed by atoms with Gasteiger partial charge >= 0.3 is 0 Å². The summed E-state index contributed by atoms with van der Waals surface area (Å²) in [5.41, 5.74) is 0. The molecule has 5 nitrogen and oxygen atoms in total. The molecule has 0 radical (unpaired) electrons. The fraction of sp³-hybridized carbons (Fsp3) is 0.769. The molecule has 1 aliphatic heterocycles. The fourth-order valence-corrected chi connectivity index (χ4v) is 2.51. The van der Waals surface area contributed by atoms with Gasteiger partial charge in [0, 0.05) is 18.9 Å². The average molecular weight is 251 g/mol. The normalized spacial score (nSPS) is 21.1. The van der Waals surface area contributed by atoms with E-state index in [0.717, 1.165) is 25.2 Å². The SMILES string of the molecule is CCc1nc(CN2CCCCC2CC(C)=O)no1. The Morgan fingerprint density at radius 1 is 1.50 bits per heavy atom. The van der Waals surface area contributed by atoms with Gasteiger partial charge in [0.15, 0.2) is 5.82 Å². The van der Waals surface area contributed by atoms with Gasteiger partial charge in [-0.25, -0.2) is 0 Å². The van der Waals surface area contributed by atoms with Crippen LogP contribution in [0.15, 0.2) is 4.52 Å². The molecule has 0 bridgehead atoms. The van der Waals surface area contributed by atoms with Gasteiger partial charge in [-0.1, -0.05) is 18.5 Å². The molecule has 0 aromatic carbocycles. The van der Waals surface area contributed by atoms with Crippen LogP contribution in [0, 0.1) is 0 Å². The van der Waals surface area contributed by atoms with E-state index in [4.69, 9.17) is 4.52 Å². The van der Waals surface area contributed by atoms with Crippen LogP contribution in [0.3, 0.4) is 0 Å². The summed E-state index contributed by atoms with van der Waals surface area (Å²) in [4.78, 5) is 17.9. The van der Waals surface area contributed by atoms with Gasteiger partial charge in [-0.2, -0.15) is 4.98 Å². The zero-order valence-corrected chi connectivity index (χ0v) is 11.2. The lowest BCUT2D eigenvalue weighted by Crippen LogP contribution is -2.40. The number of carbonyl (C=O) groups excluding carboxylic acids is 1. The maximum absolute atomic E-state index is 11.3. The first kappa shape index (κ1) is 13.2. The van der Waals surface area contributed by atoms with Gasteiger partial charge in [0.2, 0.25) is 5.89 Å². The highest BCUT2D eigenvalue weighted by atomic mass is 16.5. The fourth-order valence-electron chi connectivity index (χ4n) is 2.51. The maximum atomic E-state index is 11.3. The summed E-state index contributed by atoms with van der Waals surface area (Å²) in [5.74, 6) is 1.68. The first-order valence-electron chi connectivity index (χ1n) is 6.74. The average Bonchev–Trinajstić information content (AvgIpc) is 2.79. The van der Waals surface area contributed by atoms with Crippen LogP contribution in [-0.2, 0) is 17.8 Å². The molecule has 0 N–H and O–H groups in total. The van der Waals surface area contributed by atoms with Crippen LogP contribution < -0.4 is 0 Å². The molecular weight excluding hydrogens is 230 g/mol. The van der Waals surface area contributed by atoms with Crippen molar-refractivity contribution in [2.45, 2.75) is 58.5 Å². The molecule has 1 atom stereocenters. The highest BCUT2D eigenvalue weighted by Crippen LogP contribution is 2.21. The molecule has 1 saturated heterocycles. The number of aryl methyl sites for hydroxylation is 1. The number of Topliss-reactive ketones (excluding diaryl/α,β-unsaturated/α-hetero) is 1. The summed E-state index contributed by atoms with van der Waals surface area (Å²) in [7, 11) is 0. The number of nitrogens with zero attached hydrogens (tertiary/aromatic N) is 3. The lowest BCUT2D eigenvalue weighted by Gasteiger charge is -2.34. The number of hydrogen-bond acceptors (Lipinski definition) is 5. The summed E-state index contributed by atoms with van der Waals surface area (Å²) >= 11 is 0. The van der Waals surface area contributed by atoms with Gasteiger partial charge in [-0.3, -0.25) is 9.69 Å². The van der Waals surface area contributed by atoms with Crippen molar-refractivity contribution in [2.24, 2.45) is 0 Å². The quantitative estimate of drug-likeness (QED) is 0.800. The van der Waals surface area contributed by atoms with Crippen LogP contribution in [0.2, 0.25) is 0 Å². The molecule has 5 heteroatoms. The predicted molar refractivity (Wildman–Crippen MR) is 67.0 cm³/mol. The third-order valence-corrected chi connectivity index (χ3v) is 3.43. The second kappa shape index (κ2) is 6.09. The molecule has 0 spiro atoms. The standard InChI is InChI=1S/C13H21N3O2/c1-3-13-14-12(15-18-13)9-16-7-5-4-6-11(16)8-10(2)17/h11H,3-9H2,1-2H3. The van der Waals surface area contributed by atoms with E-state index in [0.29, 0.717) is 24.9 Å². The molecule has 100 valence electrons. The first-order valence-corrected chi connectivity index (χ1v) is 6.74. The summed E-state index contributed by atoms with van der Waals surface area (Å²) in [6.07, 6.45) is 4.90. The van der Waals surface area contributed by atoms with E-state index >= 15 is 0 Å². The molecule has 1 aromatic heterocycles. The predicted octanol–water partition coefficient (Wildman–Crippen LogP) is 1.97. The molecule has 1 aliphatic rings. The topological polar surface area (TPSA) is 59.2 Å². The lowest BCUT2D eigenvalue weighted by molar-refractivity contribution is -0.118. The third kappa shape index (κ3) is 3.38. The minimum absolute atomic E-state index is 0.259. The van der Waals surface area contributed by atoms with Crippen molar-refractivity contribution in [3.63, 3.8) is 0 Å². The van der Waals surface area contributed by atoms with E-state index in [1.165, 1.54) is 12.8 Å². The van der Waals surface area contributed by atoms with Gasteiger partial charge in [-0.15, -0.1) is 0 Å². The van der Waals surface area contributed by atoms with Gasteiger partial charge in [-0.05, 0) is 26.3 Å². The smallest absolute Gasteiger partial charge is 0.226 e. The van der Waals surface area contributed by atoms with Crippen molar-refractivity contribution in [2.75, 3.05) is 6.54 Å². The minimum Gasteiger partial charge on any atom is -0.339 e. The number of rotatable bonds is 5. The van der Waals surface area contributed by atoms with E-state index in [1.54, 1.807) is 6.92 Å². The molecule has 1 aromatic rings. The Labute approximate surface area is 108 Å². The van der Waals surface area contributed by atoms with Crippen molar-refractivity contribution in [3.05, 3.63) is 11.7 Å². The Bertz CT molecular complexity index is 403. The maximum Gasteiger partial charge on any atom is 0.226 e. The second-order valence-electron chi connectivity index (χ2n) is 4.98. The molecule has 2 heterocycles. The summed E-state index contributed by atoms with van der Waals surface area (Å²) in [6, 6.07) is 0.347. The molecule has 0 amide bonds. The molecule has 0 saturated carbocycles. The van der Waals surface area contributed by atoms with Crippen LogP contribution in [0.25, 0.3) is 0 Å². The van der Waals surface area contributed by atoms with Crippen LogP contribution >= 0.6 is 0 Å². The Kier molecular flexibility index (Phi) is 4.47. The molecule has 1 fully saturated rings. The molecule has 1 unspecified atom stereocenters. The molecule has 18 heavy (non-hydrogen) atoms. The number of aromatic nitrogens is 2. The summed E-state index contributed by atoms with van der Waals surface area (Å²) < 4.78 is 5.12. The van der Waals surface area contributed by atoms with Crippen molar-refractivity contribution >= 4 is 5.78 Å². The van der Waals surface area contributed by atoms with E-state index < -0.39 is 0 Å². The van der Waals surface area contributed by atoms with Crippen molar-refractivity contribution in [1.82, 2.24) is 15.0 Å². The number of ketones is 1. The highest BCUT2D eigenvalue weighted by molar-refractivity contribution is 5.76. The molecule has 0 aliphatic carbocycles. The lowest BCUT2D eigenvalue weighted by atomic mass is 9.98. The van der Waals surface area contributed by atoms with E-state index in [-0.39, 0.29) is 5.78 Å². The van der Waals surface area contributed by atoms with Crippen LogP contribution in [0.4, 0.5) is 0 Å². The number of hydrogen-bond donors (Lipinski definition) is 0. The Morgan fingerprint density at radius 2 is 2.33 bits per heavy atom. The zero-order chi connectivity index (χ0) is 13.0. The largest absolute Gasteiger partial charge is 0.339 e. The van der Waals surface area contributed by atoms with Crippen LogP contribution in [0.5, 0.6) is 0 Å². The van der Waals surface area contributed by atoms with Crippen molar-refractivity contribution < 1.29 is 9.32 Å². The van der Waals surface area contributed by atoms with Crippen molar-refractivity contribution in [1.29, 1.82) is 0 Å². The van der Waals surface area contributed by atoms with Crippen LogP contribution in [0.1, 0.15) is 51.2 Å². The summed E-state index contributed by atoms with van der Waals surface area (Å²) in [6.45, 7) is 5.38. The highest BCUT2D eigenvalue weighted by Gasteiger charge is 2.24. The monoisotopic (exact) mass is 251 g/mol. The third-order valence-electron chi connectivity index (χ3n) is 3.43. The van der Waals surface area contributed by atoms with E-state index in [9.17, 15) is 4.79 Å². The van der Waals surface area contributed by atoms with Crippen molar-refractivity contribution in [3.8, 4) is 0 Å². The molecular formula is C13H21N3O2. The Morgan fingerprint density at radius 3 is 3.00 bits per heavy atom. The van der Waals surface area contributed by atoms with Gasteiger partial charge < -0.3 is 4.52 Å². The number of likely N-dealkylation sites (tertiary alicyclic amines) is 1. The minimum atomic E-state index is 0.259. The number of carbonyl (C=O) groups is 1.